The second-order valence-electron chi connectivity index (χ2n) is 7.76. The van der Waals surface area contributed by atoms with Gasteiger partial charge in [-0.05, 0) is 41.4 Å². The van der Waals surface area contributed by atoms with Crippen molar-refractivity contribution >= 4 is 33.8 Å². The van der Waals surface area contributed by atoms with E-state index < -0.39 is 22.4 Å². The number of aromatic nitrogens is 4. The maximum absolute atomic E-state index is 12.4. The Morgan fingerprint density at radius 1 is 1.16 bits per heavy atom. The molecule has 2 heterocycles. The van der Waals surface area contributed by atoms with Crippen LogP contribution in [0.2, 0.25) is 0 Å². The summed E-state index contributed by atoms with van der Waals surface area (Å²) in [6.07, 6.45) is 0. The molecule has 14 heteroatoms. The number of ether oxygens (including phenoxy) is 2. The average molecular weight is 521 g/mol. The number of nitrogen functional groups attached to an aromatic ring is 1. The fraction of sp³-hybridized carbons (Fsp3) is 0.130. The van der Waals surface area contributed by atoms with Crippen LogP contribution in [0.25, 0.3) is 11.2 Å². The Morgan fingerprint density at radius 2 is 1.92 bits per heavy atom. The van der Waals surface area contributed by atoms with E-state index in [4.69, 9.17) is 20.5 Å². The van der Waals surface area contributed by atoms with Crippen molar-refractivity contribution in [2.24, 2.45) is 0 Å². The number of anilines is 1. The summed E-state index contributed by atoms with van der Waals surface area (Å²) in [7, 11) is 3.22. The van der Waals surface area contributed by atoms with Crippen LogP contribution in [0.4, 0.5) is 5.69 Å². The van der Waals surface area contributed by atoms with E-state index in [9.17, 15) is 18.4 Å². The van der Waals surface area contributed by atoms with Crippen LogP contribution >= 0.6 is 0 Å². The van der Waals surface area contributed by atoms with Crippen molar-refractivity contribution < 1.29 is 23.0 Å². The van der Waals surface area contributed by atoms with Gasteiger partial charge in [-0.25, -0.2) is 4.98 Å². The van der Waals surface area contributed by atoms with Crippen molar-refractivity contribution in [3.05, 3.63) is 69.6 Å². The van der Waals surface area contributed by atoms with Gasteiger partial charge in [-0.15, -0.1) is 0 Å². The van der Waals surface area contributed by atoms with Gasteiger partial charge in [0.05, 0.1) is 17.0 Å². The molecule has 0 fully saturated rings. The molecule has 0 bridgehead atoms. The number of fused-ring (bicyclic) bond motifs is 1. The first-order valence-electron chi connectivity index (χ1n) is 10.5. The number of aromatic amines is 1. The van der Waals surface area contributed by atoms with E-state index in [0.717, 1.165) is 0 Å². The predicted octanol–water partition coefficient (Wildman–Crippen LogP) is 1.83. The topological polar surface area (TPSA) is 200 Å². The Hall–Kier alpha value is -4.87. The molecule has 13 nitrogen and oxygen atoms in total. The average Bonchev–Trinajstić information content (AvgIpc) is 2.84. The smallest absolute Gasteiger partial charge is 0.327 e. The molecule has 0 saturated heterocycles. The van der Waals surface area contributed by atoms with Gasteiger partial charge in [-0.1, -0.05) is 6.07 Å². The van der Waals surface area contributed by atoms with Crippen molar-refractivity contribution in [2.45, 2.75) is 5.75 Å². The van der Waals surface area contributed by atoms with Gasteiger partial charge >= 0.3 is 6.01 Å². The third-order valence-electron chi connectivity index (χ3n) is 4.89. The van der Waals surface area contributed by atoms with E-state index in [1.165, 1.54) is 29.2 Å². The molecule has 1 amide bonds. The van der Waals surface area contributed by atoms with E-state index in [-0.39, 0.29) is 57.4 Å². The minimum atomic E-state index is -2.58. The second-order valence-corrected chi connectivity index (χ2v) is 8.66. The van der Waals surface area contributed by atoms with Crippen LogP contribution < -0.4 is 20.8 Å². The lowest BCUT2D eigenvalue weighted by molar-refractivity contribution is 0.0827. The number of nitriles is 1. The molecule has 2 aromatic heterocycles. The Kier molecular flexibility index (Phi) is 7.09. The molecule has 0 aliphatic carbocycles. The first-order valence-corrected chi connectivity index (χ1v) is 11.7. The van der Waals surface area contributed by atoms with Gasteiger partial charge in [-0.3, -0.25) is 13.8 Å². The van der Waals surface area contributed by atoms with Crippen molar-refractivity contribution in [3.8, 4) is 29.5 Å². The number of benzene rings is 2. The van der Waals surface area contributed by atoms with Gasteiger partial charge in [0.25, 0.3) is 17.3 Å². The SMILES string of the molecule is CN(C)C(=O)c1cccc(Oc2nc(Oc3ccc(C#N)c(N)c3)c3[nH]c(=O)c(CS(=O)[O-])nc3n2)c1. The summed E-state index contributed by atoms with van der Waals surface area (Å²) in [6.45, 7) is 0. The van der Waals surface area contributed by atoms with Gasteiger partial charge in [0.1, 0.15) is 23.3 Å². The molecule has 0 aliphatic rings. The van der Waals surface area contributed by atoms with Gasteiger partial charge in [0.2, 0.25) is 0 Å². The lowest BCUT2D eigenvalue weighted by Crippen LogP contribution is -2.21. The quantitative estimate of drug-likeness (QED) is 0.266. The molecule has 0 radical (unpaired) electrons. The molecule has 2 aromatic carbocycles. The molecular formula is C23H18N7O6S-. The summed E-state index contributed by atoms with van der Waals surface area (Å²) < 4.78 is 33.9. The maximum Gasteiger partial charge on any atom is 0.327 e. The number of nitrogens with zero attached hydrogens (tertiary/aromatic N) is 5. The highest BCUT2D eigenvalue weighted by molar-refractivity contribution is 7.78. The van der Waals surface area contributed by atoms with Crippen LogP contribution in [-0.4, -0.2) is 53.6 Å². The lowest BCUT2D eigenvalue weighted by atomic mass is 10.2. The van der Waals surface area contributed by atoms with Crippen LogP contribution in [0, 0.1) is 11.3 Å². The van der Waals surface area contributed by atoms with Crippen molar-refractivity contribution in [3.63, 3.8) is 0 Å². The highest BCUT2D eigenvalue weighted by Crippen LogP contribution is 2.30. The molecule has 1 atom stereocenters. The fourth-order valence-electron chi connectivity index (χ4n) is 3.17. The molecule has 0 aliphatic heterocycles. The van der Waals surface area contributed by atoms with Gasteiger partial charge in [-0.2, -0.15) is 15.2 Å². The summed E-state index contributed by atoms with van der Waals surface area (Å²) in [6, 6.07) is 12.3. The summed E-state index contributed by atoms with van der Waals surface area (Å²) in [5, 5.41) is 9.10. The fourth-order valence-corrected chi connectivity index (χ4v) is 3.59. The highest BCUT2D eigenvalue weighted by Gasteiger charge is 2.18. The Balaban J connectivity index is 1.81. The summed E-state index contributed by atoms with van der Waals surface area (Å²) in [5.41, 5.74) is 5.41. The standard InChI is InChI=1S/C23H19N7O6S/c1-30(2)22(32)12-4-3-5-14(8-12)36-23-28-19-18(27-20(31)17(26-19)11-37(33)34)21(29-23)35-15-7-6-13(10-24)16(25)9-15/h3-9H,11,25H2,1-2H3,(H,27,31)(H,33,34)/p-1. The Morgan fingerprint density at radius 3 is 2.59 bits per heavy atom. The number of amides is 1. The largest absolute Gasteiger partial charge is 0.772 e. The van der Waals surface area contributed by atoms with Crippen LogP contribution in [0.1, 0.15) is 21.6 Å². The number of nitrogens with two attached hydrogens (primary N) is 1. The van der Waals surface area contributed by atoms with Crippen LogP contribution in [0.5, 0.6) is 23.4 Å². The van der Waals surface area contributed by atoms with Crippen molar-refractivity contribution in [1.29, 1.82) is 5.26 Å². The minimum absolute atomic E-state index is 0.0303. The van der Waals surface area contributed by atoms with E-state index in [0.29, 0.717) is 5.56 Å². The highest BCUT2D eigenvalue weighted by atomic mass is 32.2. The zero-order chi connectivity index (χ0) is 26.7. The third-order valence-corrected chi connectivity index (χ3v) is 5.40. The van der Waals surface area contributed by atoms with Gasteiger partial charge in [0.15, 0.2) is 11.2 Å². The number of hydrogen-bond donors (Lipinski definition) is 2. The molecule has 0 saturated carbocycles. The summed E-state index contributed by atoms with van der Waals surface area (Å²) in [4.78, 5) is 41.1. The Labute approximate surface area is 211 Å². The van der Waals surface area contributed by atoms with Crippen molar-refractivity contribution in [1.82, 2.24) is 24.8 Å². The van der Waals surface area contributed by atoms with Crippen LogP contribution in [0.3, 0.4) is 0 Å². The molecule has 1 unspecified atom stereocenters. The normalized spacial score (nSPS) is 11.5. The van der Waals surface area contributed by atoms with E-state index in [1.54, 1.807) is 32.3 Å². The zero-order valence-electron chi connectivity index (χ0n) is 19.4. The number of nitrogens with one attached hydrogen (secondary N) is 1. The molecule has 4 aromatic rings. The lowest BCUT2D eigenvalue weighted by Gasteiger charge is -2.13. The van der Waals surface area contributed by atoms with Crippen molar-refractivity contribution in [2.75, 3.05) is 19.8 Å². The zero-order valence-corrected chi connectivity index (χ0v) is 20.2. The van der Waals surface area contributed by atoms with Gasteiger partial charge in [0, 0.05) is 25.7 Å². The number of hydrogen-bond acceptors (Lipinski definition) is 11. The first-order chi connectivity index (χ1) is 17.6. The number of H-pyrrole nitrogens is 1. The summed E-state index contributed by atoms with van der Waals surface area (Å²) >= 11 is -2.58. The Bertz CT molecular complexity index is 1650. The maximum atomic E-state index is 12.4. The van der Waals surface area contributed by atoms with Crippen LogP contribution in [0.15, 0.2) is 47.3 Å². The molecule has 4 rings (SSSR count). The minimum Gasteiger partial charge on any atom is -0.772 e. The second kappa shape index (κ2) is 10.4. The molecular weight excluding hydrogens is 502 g/mol. The number of carbonyl (C=O) groups is 1. The monoisotopic (exact) mass is 520 g/mol. The third kappa shape index (κ3) is 5.69. The predicted molar refractivity (Wildman–Crippen MR) is 131 cm³/mol. The van der Waals surface area contributed by atoms with Crippen LogP contribution in [-0.2, 0) is 16.8 Å². The molecule has 0 spiro atoms. The molecule has 37 heavy (non-hydrogen) atoms. The van der Waals surface area contributed by atoms with E-state index in [1.807, 2.05) is 6.07 Å². The van der Waals surface area contributed by atoms with Gasteiger partial charge < -0.3 is 29.6 Å². The number of rotatable bonds is 7. The molecule has 3 N–H and O–H groups in total. The first kappa shape index (κ1) is 25.2. The van der Waals surface area contributed by atoms with E-state index >= 15 is 0 Å². The number of carbonyl (C=O) groups excluding carboxylic acids is 1. The summed E-state index contributed by atoms with van der Waals surface area (Å²) in [5.74, 6) is -0.647. The molecule has 188 valence electrons. The van der Waals surface area contributed by atoms with E-state index in [2.05, 4.69) is 19.9 Å².